The van der Waals surface area contributed by atoms with Crippen molar-refractivity contribution >= 4 is 5.69 Å². The number of nitrogens with zero attached hydrogens (tertiary/aromatic N) is 2. The molecule has 1 heterocycles. The predicted octanol–water partition coefficient (Wildman–Crippen LogP) is 2.35. The lowest BCUT2D eigenvalue weighted by Gasteiger charge is -2.18. The molecule has 0 saturated carbocycles. The normalized spacial score (nSPS) is 11.9. The van der Waals surface area contributed by atoms with Gasteiger partial charge in [-0.1, -0.05) is 20.8 Å². The molecule has 0 spiro atoms. The van der Waals surface area contributed by atoms with E-state index in [4.69, 9.17) is 0 Å². The lowest BCUT2D eigenvalue weighted by Crippen LogP contribution is -2.21. The lowest BCUT2D eigenvalue weighted by atomic mass is 9.92. The van der Waals surface area contributed by atoms with Crippen molar-refractivity contribution in [2.24, 2.45) is 0 Å². The van der Waals surface area contributed by atoms with E-state index in [1.165, 1.54) is 0 Å². The van der Waals surface area contributed by atoms with Gasteiger partial charge in [0.2, 0.25) is 0 Å². The topological polar surface area (TPSA) is 28.2 Å². The van der Waals surface area contributed by atoms with Crippen molar-refractivity contribution in [3.63, 3.8) is 0 Å². The van der Waals surface area contributed by atoms with Crippen molar-refractivity contribution in [1.82, 2.24) is 9.88 Å². The minimum Gasteiger partial charge on any atom is -0.383 e. The Labute approximate surface area is 98.9 Å². The maximum absolute atomic E-state index is 4.47. The zero-order chi connectivity index (χ0) is 12.2. The van der Waals surface area contributed by atoms with Crippen LogP contribution in [0.15, 0.2) is 18.3 Å². The highest BCUT2D eigenvalue weighted by molar-refractivity contribution is 5.41. The summed E-state index contributed by atoms with van der Waals surface area (Å²) in [5.74, 6) is 0. The summed E-state index contributed by atoms with van der Waals surface area (Å²) in [6.45, 7) is 8.50. The molecule has 1 N–H and O–H groups in total. The molecule has 0 radical (unpaired) electrons. The largest absolute Gasteiger partial charge is 0.383 e. The highest BCUT2D eigenvalue weighted by atomic mass is 15.1. The zero-order valence-electron chi connectivity index (χ0n) is 11.0. The lowest BCUT2D eigenvalue weighted by molar-refractivity contribution is 0.425. The maximum Gasteiger partial charge on any atom is 0.0527 e. The third kappa shape index (κ3) is 4.19. The Morgan fingerprint density at radius 3 is 2.38 bits per heavy atom. The van der Waals surface area contributed by atoms with Gasteiger partial charge in [-0.2, -0.15) is 0 Å². The van der Waals surface area contributed by atoms with Crippen LogP contribution >= 0.6 is 0 Å². The van der Waals surface area contributed by atoms with Crippen LogP contribution in [0.5, 0.6) is 0 Å². The molecule has 1 rings (SSSR count). The van der Waals surface area contributed by atoms with Crippen LogP contribution in [0.2, 0.25) is 0 Å². The molecule has 3 heteroatoms. The van der Waals surface area contributed by atoms with Crippen LogP contribution in [-0.2, 0) is 5.41 Å². The van der Waals surface area contributed by atoms with Gasteiger partial charge in [-0.15, -0.1) is 0 Å². The molecule has 0 aliphatic carbocycles. The first-order valence-corrected chi connectivity index (χ1v) is 5.75. The van der Waals surface area contributed by atoms with Gasteiger partial charge in [0, 0.05) is 24.2 Å². The molecule has 0 fully saturated rings. The molecule has 0 aromatic carbocycles. The smallest absolute Gasteiger partial charge is 0.0527 e. The first kappa shape index (κ1) is 13.0. The van der Waals surface area contributed by atoms with Crippen LogP contribution in [-0.4, -0.2) is 37.1 Å². The number of nitrogens with one attached hydrogen (secondary N) is 1. The van der Waals surface area contributed by atoms with E-state index in [1.54, 1.807) is 0 Å². The summed E-state index contributed by atoms with van der Waals surface area (Å²) in [6, 6.07) is 4.20. The fourth-order valence-corrected chi connectivity index (χ4v) is 1.37. The summed E-state index contributed by atoms with van der Waals surface area (Å²) in [5, 5.41) is 3.35. The van der Waals surface area contributed by atoms with E-state index in [0.717, 1.165) is 24.5 Å². The van der Waals surface area contributed by atoms with Gasteiger partial charge in [-0.05, 0) is 26.2 Å². The molecule has 0 saturated heterocycles. The molecule has 1 aromatic heterocycles. The second-order valence-corrected chi connectivity index (χ2v) is 5.41. The number of aromatic nitrogens is 1. The molecule has 0 aliphatic heterocycles. The van der Waals surface area contributed by atoms with E-state index in [9.17, 15) is 0 Å². The summed E-state index contributed by atoms with van der Waals surface area (Å²) >= 11 is 0. The van der Waals surface area contributed by atoms with Gasteiger partial charge in [0.1, 0.15) is 0 Å². The Bertz CT molecular complexity index is 309. The maximum atomic E-state index is 4.47. The molecule has 0 aliphatic rings. The van der Waals surface area contributed by atoms with E-state index in [1.807, 2.05) is 6.20 Å². The van der Waals surface area contributed by atoms with Crippen LogP contribution in [0.25, 0.3) is 0 Å². The SMILES string of the molecule is CN(C)CCNc1ccc(C(C)(C)C)nc1. The summed E-state index contributed by atoms with van der Waals surface area (Å²) in [4.78, 5) is 6.63. The Kier molecular flexibility index (Phi) is 4.30. The molecule has 0 atom stereocenters. The van der Waals surface area contributed by atoms with E-state index in [2.05, 4.69) is 62.2 Å². The van der Waals surface area contributed by atoms with Crippen molar-refractivity contribution in [2.45, 2.75) is 26.2 Å². The van der Waals surface area contributed by atoms with Crippen LogP contribution < -0.4 is 5.32 Å². The van der Waals surface area contributed by atoms with E-state index in [-0.39, 0.29) is 5.41 Å². The molecule has 1 aromatic rings. The first-order valence-electron chi connectivity index (χ1n) is 5.75. The molecule has 16 heavy (non-hydrogen) atoms. The van der Waals surface area contributed by atoms with Gasteiger partial charge in [0.15, 0.2) is 0 Å². The van der Waals surface area contributed by atoms with Crippen molar-refractivity contribution in [3.05, 3.63) is 24.0 Å². The molecule has 90 valence electrons. The van der Waals surface area contributed by atoms with Gasteiger partial charge in [0.25, 0.3) is 0 Å². The van der Waals surface area contributed by atoms with Crippen LogP contribution in [0.3, 0.4) is 0 Å². The van der Waals surface area contributed by atoms with E-state index < -0.39 is 0 Å². The monoisotopic (exact) mass is 221 g/mol. The highest BCUT2D eigenvalue weighted by Crippen LogP contribution is 2.20. The van der Waals surface area contributed by atoms with Gasteiger partial charge >= 0.3 is 0 Å². The van der Waals surface area contributed by atoms with Crippen molar-refractivity contribution in [2.75, 3.05) is 32.5 Å². The number of hydrogen-bond donors (Lipinski definition) is 1. The second kappa shape index (κ2) is 5.30. The minimum absolute atomic E-state index is 0.127. The van der Waals surface area contributed by atoms with Gasteiger partial charge in [-0.3, -0.25) is 4.98 Å². The highest BCUT2D eigenvalue weighted by Gasteiger charge is 2.14. The molecule has 3 nitrogen and oxygen atoms in total. The molecular formula is C13H23N3. The number of anilines is 1. The van der Waals surface area contributed by atoms with E-state index in [0.29, 0.717) is 0 Å². The molecular weight excluding hydrogens is 198 g/mol. The Morgan fingerprint density at radius 2 is 1.94 bits per heavy atom. The average molecular weight is 221 g/mol. The second-order valence-electron chi connectivity index (χ2n) is 5.41. The number of rotatable bonds is 4. The third-order valence-electron chi connectivity index (χ3n) is 2.42. The van der Waals surface area contributed by atoms with Gasteiger partial charge in [0.05, 0.1) is 11.9 Å². The third-order valence-corrected chi connectivity index (χ3v) is 2.42. The fourth-order valence-electron chi connectivity index (χ4n) is 1.37. The number of hydrogen-bond acceptors (Lipinski definition) is 3. The zero-order valence-corrected chi connectivity index (χ0v) is 11.0. The van der Waals surface area contributed by atoms with Crippen molar-refractivity contribution < 1.29 is 0 Å². The number of pyridine rings is 1. The Balaban J connectivity index is 2.52. The van der Waals surface area contributed by atoms with Gasteiger partial charge in [-0.25, -0.2) is 0 Å². The number of likely N-dealkylation sites (N-methyl/N-ethyl adjacent to an activating group) is 1. The standard InChI is InChI=1S/C13H23N3/c1-13(2,3)12-7-6-11(10-15-12)14-8-9-16(4)5/h6-7,10,14H,8-9H2,1-5H3. The average Bonchev–Trinajstić information content (AvgIpc) is 2.16. The first-order chi connectivity index (χ1) is 7.39. The Hall–Kier alpha value is -1.09. The van der Waals surface area contributed by atoms with Crippen molar-refractivity contribution in [3.8, 4) is 0 Å². The quantitative estimate of drug-likeness (QED) is 0.846. The summed E-state index contributed by atoms with van der Waals surface area (Å²) < 4.78 is 0. The van der Waals surface area contributed by atoms with Crippen molar-refractivity contribution in [1.29, 1.82) is 0 Å². The van der Waals surface area contributed by atoms with Crippen LogP contribution in [0.1, 0.15) is 26.5 Å². The summed E-state index contributed by atoms with van der Waals surface area (Å²) in [7, 11) is 4.14. The minimum atomic E-state index is 0.127. The Morgan fingerprint density at radius 1 is 1.25 bits per heavy atom. The molecule has 0 amide bonds. The van der Waals surface area contributed by atoms with Gasteiger partial charge < -0.3 is 10.2 Å². The fraction of sp³-hybridized carbons (Fsp3) is 0.615. The molecule has 0 unspecified atom stereocenters. The molecule has 0 bridgehead atoms. The van der Waals surface area contributed by atoms with Crippen LogP contribution in [0, 0.1) is 0 Å². The predicted molar refractivity (Wildman–Crippen MR) is 70.0 cm³/mol. The van der Waals surface area contributed by atoms with E-state index >= 15 is 0 Å². The summed E-state index contributed by atoms with van der Waals surface area (Å²) in [5.41, 5.74) is 2.35. The van der Waals surface area contributed by atoms with Crippen LogP contribution in [0.4, 0.5) is 5.69 Å². The summed E-state index contributed by atoms with van der Waals surface area (Å²) in [6.07, 6.45) is 1.91.